The lowest BCUT2D eigenvalue weighted by Crippen LogP contribution is -2.17. The van der Waals surface area contributed by atoms with Gasteiger partial charge in [-0.05, 0) is 35.9 Å². The zero-order valence-corrected chi connectivity index (χ0v) is 10.8. The Morgan fingerprint density at radius 3 is 2.21 bits per heavy atom. The van der Waals surface area contributed by atoms with Gasteiger partial charge in [-0.1, -0.05) is 30.3 Å². The highest BCUT2D eigenvalue weighted by Gasteiger charge is 2.09. The van der Waals surface area contributed by atoms with E-state index in [1.54, 1.807) is 36.4 Å². The zero-order valence-electron chi connectivity index (χ0n) is 9.95. The summed E-state index contributed by atoms with van der Waals surface area (Å²) in [5, 5.41) is 0. The van der Waals surface area contributed by atoms with E-state index in [4.69, 9.17) is 0 Å². The van der Waals surface area contributed by atoms with Crippen LogP contribution >= 0.6 is 0 Å². The fraction of sp³-hybridized carbons (Fsp3) is 0. The van der Waals surface area contributed by atoms with Crippen LogP contribution in [0.2, 0.25) is 0 Å². The van der Waals surface area contributed by atoms with Crippen molar-refractivity contribution in [2.24, 2.45) is 0 Å². The Balaban J connectivity index is 2.08. The van der Waals surface area contributed by atoms with E-state index in [1.165, 1.54) is 30.5 Å². The Bertz CT molecular complexity index is 664. The van der Waals surface area contributed by atoms with Gasteiger partial charge in [0.15, 0.2) is 0 Å². The maximum atomic E-state index is 12.7. The van der Waals surface area contributed by atoms with Crippen molar-refractivity contribution in [1.82, 2.24) is 4.72 Å². The number of halogens is 1. The van der Waals surface area contributed by atoms with Crippen LogP contribution in [0.4, 0.5) is 4.39 Å². The van der Waals surface area contributed by atoms with E-state index >= 15 is 0 Å². The SMILES string of the molecule is O=S(=O)(N/C=C/c1ccc(F)cc1)c1ccccc1. The summed E-state index contributed by atoms with van der Waals surface area (Å²) in [6, 6.07) is 13.8. The predicted molar refractivity (Wildman–Crippen MR) is 72.2 cm³/mol. The summed E-state index contributed by atoms with van der Waals surface area (Å²) in [6.07, 6.45) is 2.87. The molecule has 19 heavy (non-hydrogen) atoms. The maximum absolute atomic E-state index is 12.7. The molecular weight excluding hydrogens is 265 g/mol. The molecule has 2 aromatic carbocycles. The number of rotatable bonds is 4. The highest BCUT2D eigenvalue weighted by Crippen LogP contribution is 2.08. The largest absolute Gasteiger partial charge is 0.286 e. The minimum atomic E-state index is -3.55. The number of nitrogens with one attached hydrogen (secondary N) is 1. The van der Waals surface area contributed by atoms with Crippen molar-refractivity contribution in [2.45, 2.75) is 4.90 Å². The van der Waals surface area contributed by atoms with Crippen LogP contribution in [0.5, 0.6) is 0 Å². The summed E-state index contributed by atoms with van der Waals surface area (Å²) < 4.78 is 38.7. The van der Waals surface area contributed by atoms with Crippen LogP contribution in [-0.2, 0) is 10.0 Å². The molecule has 0 atom stereocenters. The molecule has 0 heterocycles. The third kappa shape index (κ3) is 3.66. The molecule has 0 saturated carbocycles. The second-order valence-electron chi connectivity index (χ2n) is 3.82. The number of hydrogen-bond acceptors (Lipinski definition) is 2. The maximum Gasteiger partial charge on any atom is 0.261 e. The molecule has 0 aliphatic rings. The lowest BCUT2D eigenvalue weighted by atomic mass is 10.2. The highest BCUT2D eigenvalue weighted by molar-refractivity contribution is 7.89. The molecule has 0 aliphatic carbocycles. The molecule has 0 unspecified atom stereocenters. The smallest absolute Gasteiger partial charge is 0.261 e. The third-order valence-electron chi connectivity index (χ3n) is 2.42. The molecular formula is C14H12FNO2S. The molecule has 1 N–H and O–H groups in total. The summed E-state index contributed by atoms with van der Waals surface area (Å²) in [7, 11) is -3.55. The standard InChI is InChI=1S/C14H12FNO2S/c15-13-8-6-12(7-9-13)10-11-16-19(17,18)14-4-2-1-3-5-14/h1-11,16H/b11-10+. The number of benzene rings is 2. The molecule has 0 spiro atoms. The first-order valence-electron chi connectivity index (χ1n) is 5.57. The van der Waals surface area contributed by atoms with Crippen molar-refractivity contribution < 1.29 is 12.8 Å². The zero-order chi connectivity index (χ0) is 13.7. The Morgan fingerprint density at radius 1 is 0.947 bits per heavy atom. The van der Waals surface area contributed by atoms with E-state index in [2.05, 4.69) is 4.72 Å². The van der Waals surface area contributed by atoms with Crippen molar-refractivity contribution in [3.05, 3.63) is 72.2 Å². The summed E-state index contributed by atoms with van der Waals surface area (Å²) in [5.74, 6) is -0.331. The fourth-order valence-corrected chi connectivity index (χ4v) is 2.36. The monoisotopic (exact) mass is 277 g/mol. The molecule has 0 bridgehead atoms. The first-order valence-corrected chi connectivity index (χ1v) is 7.06. The van der Waals surface area contributed by atoms with Crippen LogP contribution in [0.3, 0.4) is 0 Å². The minimum Gasteiger partial charge on any atom is -0.286 e. The van der Waals surface area contributed by atoms with Crippen LogP contribution in [0.25, 0.3) is 6.08 Å². The van der Waals surface area contributed by atoms with E-state index in [0.29, 0.717) is 5.56 Å². The summed E-state index contributed by atoms with van der Waals surface area (Å²) in [6.45, 7) is 0. The van der Waals surface area contributed by atoms with Gasteiger partial charge in [0.2, 0.25) is 0 Å². The lowest BCUT2D eigenvalue weighted by Gasteiger charge is -2.03. The molecule has 0 saturated heterocycles. The topological polar surface area (TPSA) is 46.2 Å². The van der Waals surface area contributed by atoms with Crippen molar-refractivity contribution in [2.75, 3.05) is 0 Å². The molecule has 0 aromatic heterocycles. The van der Waals surface area contributed by atoms with Gasteiger partial charge >= 0.3 is 0 Å². The molecule has 3 nitrogen and oxygen atoms in total. The van der Waals surface area contributed by atoms with E-state index in [-0.39, 0.29) is 10.7 Å². The van der Waals surface area contributed by atoms with Gasteiger partial charge in [0.25, 0.3) is 10.0 Å². The van der Waals surface area contributed by atoms with Crippen LogP contribution in [-0.4, -0.2) is 8.42 Å². The summed E-state index contributed by atoms with van der Waals surface area (Å²) in [4.78, 5) is 0.193. The van der Waals surface area contributed by atoms with Crippen LogP contribution < -0.4 is 4.72 Å². The molecule has 0 amide bonds. The summed E-state index contributed by atoms with van der Waals surface area (Å²) in [5.41, 5.74) is 0.706. The van der Waals surface area contributed by atoms with E-state index in [0.717, 1.165) is 0 Å². The van der Waals surface area contributed by atoms with Crippen LogP contribution in [0.1, 0.15) is 5.56 Å². The Labute approximate surface area is 111 Å². The van der Waals surface area contributed by atoms with Crippen LogP contribution in [0.15, 0.2) is 65.7 Å². The molecule has 5 heteroatoms. The van der Waals surface area contributed by atoms with E-state index in [1.807, 2.05) is 0 Å². The Kier molecular flexibility index (Phi) is 3.97. The molecule has 0 aliphatic heterocycles. The van der Waals surface area contributed by atoms with Gasteiger partial charge in [0.1, 0.15) is 5.82 Å². The average molecular weight is 277 g/mol. The quantitative estimate of drug-likeness (QED) is 0.934. The first kappa shape index (κ1) is 13.3. The van der Waals surface area contributed by atoms with E-state index in [9.17, 15) is 12.8 Å². The van der Waals surface area contributed by atoms with E-state index < -0.39 is 10.0 Å². The van der Waals surface area contributed by atoms with Crippen molar-refractivity contribution >= 4 is 16.1 Å². The number of sulfonamides is 1. The van der Waals surface area contributed by atoms with Gasteiger partial charge in [-0.2, -0.15) is 0 Å². The molecule has 0 radical (unpaired) electrons. The van der Waals surface area contributed by atoms with Gasteiger partial charge in [0, 0.05) is 6.20 Å². The first-order chi connectivity index (χ1) is 9.08. The molecule has 2 aromatic rings. The van der Waals surface area contributed by atoms with Crippen molar-refractivity contribution in [3.8, 4) is 0 Å². The fourth-order valence-electron chi connectivity index (χ4n) is 1.46. The normalized spacial score (nSPS) is 11.6. The van der Waals surface area contributed by atoms with Gasteiger partial charge in [-0.25, -0.2) is 12.8 Å². The highest BCUT2D eigenvalue weighted by atomic mass is 32.2. The van der Waals surface area contributed by atoms with Crippen molar-refractivity contribution in [1.29, 1.82) is 0 Å². The predicted octanol–water partition coefficient (Wildman–Crippen LogP) is 2.77. The second kappa shape index (κ2) is 5.67. The summed E-state index contributed by atoms with van der Waals surface area (Å²) >= 11 is 0. The van der Waals surface area contributed by atoms with Crippen LogP contribution in [0, 0.1) is 5.82 Å². The van der Waals surface area contributed by atoms with Crippen molar-refractivity contribution in [3.63, 3.8) is 0 Å². The molecule has 2 rings (SSSR count). The molecule has 98 valence electrons. The van der Waals surface area contributed by atoms with Gasteiger partial charge in [-0.3, -0.25) is 4.72 Å². The second-order valence-corrected chi connectivity index (χ2v) is 5.53. The van der Waals surface area contributed by atoms with Gasteiger partial charge in [-0.15, -0.1) is 0 Å². The Morgan fingerprint density at radius 2 is 1.58 bits per heavy atom. The molecule has 0 fully saturated rings. The Hall–Kier alpha value is -2.14. The number of hydrogen-bond donors (Lipinski definition) is 1. The minimum absolute atomic E-state index is 0.193. The van der Waals surface area contributed by atoms with Gasteiger partial charge in [0.05, 0.1) is 4.90 Å². The van der Waals surface area contributed by atoms with Gasteiger partial charge < -0.3 is 0 Å². The lowest BCUT2D eigenvalue weighted by molar-refractivity contribution is 0.590. The third-order valence-corrected chi connectivity index (χ3v) is 3.76. The average Bonchev–Trinajstić information content (AvgIpc) is 2.42.